The SMILES string of the molecule is CCc1c(N)n[nH]c1C(C)(C)CC. The molecule has 0 saturated heterocycles. The number of anilines is 1. The molecule has 1 aromatic heterocycles. The molecule has 0 saturated carbocycles. The number of nitrogens with zero attached hydrogens (tertiary/aromatic N) is 1. The molecule has 0 unspecified atom stereocenters. The minimum absolute atomic E-state index is 0.149. The Kier molecular flexibility index (Phi) is 2.64. The van der Waals surface area contributed by atoms with Crippen LogP contribution >= 0.6 is 0 Å². The van der Waals surface area contributed by atoms with E-state index in [1.165, 1.54) is 11.3 Å². The van der Waals surface area contributed by atoms with Gasteiger partial charge in [-0.25, -0.2) is 0 Å². The van der Waals surface area contributed by atoms with Crippen molar-refractivity contribution in [3.63, 3.8) is 0 Å². The molecule has 1 rings (SSSR count). The number of hydrogen-bond donors (Lipinski definition) is 2. The molecule has 3 N–H and O–H groups in total. The highest BCUT2D eigenvalue weighted by Crippen LogP contribution is 2.30. The fourth-order valence-electron chi connectivity index (χ4n) is 1.47. The Balaban J connectivity index is 3.14. The number of nitrogen functional groups attached to an aromatic ring is 1. The van der Waals surface area contributed by atoms with Gasteiger partial charge in [0, 0.05) is 16.7 Å². The van der Waals surface area contributed by atoms with Gasteiger partial charge in [-0.05, 0) is 12.8 Å². The number of aromatic amines is 1. The number of nitrogens with two attached hydrogens (primary N) is 1. The van der Waals surface area contributed by atoms with E-state index in [-0.39, 0.29) is 5.41 Å². The van der Waals surface area contributed by atoms with E-state index >= 15 is 0 Å². The standard InChI is InChI=1S/C10H19N3/c1-5-7-8(10(3,4)6-2)12-13-9(7)11/h5-6H2,1-4H3,(H3,11,12,13). The topological polar surface area (TPSA) is 54.7 Å². The Labute approximate surface area is 79.7 Å². The molecule has 13 heavy (non-hydrogen) atoms. The number of H-pyrrole nitrogens is 1. The van der Waals surface area contributed by atoms with Crippen LogP contribution in [0.25, 0.3) is 0 Å². The van der Waals surface area contributed by atoms with E-state index in [9.17, 15) is 0 Å². The Morgan fingerprint density at radius 1 is 1.38 bits per heavy atom. The summed E-state index contributed by atoms with van der Waals surface area (Å²) in [5.74, 6) is 0.652. The van der Waals surface area contributed by atoms with Crippen LogP contribution in [0.3, 0.4) is 0 Å². The van der Waals surface area contributed by atoms with Crippen LogP contribution in [-0.2, 0) is 11.8 Å². The first-order valence-electron chi connectivity index (χ1n) is 4.86. The summed E-state index contributed by atoms with van der Waals surface area (Å²) < 4.78 is 0. The second kappa shape index (κ2) is 3.40. The van der Waals surface area contributed by atoms with Crippen LogP contribution in [0, 0.1) is 0 Å². The van der Waals surface area contributed by atoms with Crippen molar-refractivity contribution in [1.82, 2.24) is 10.2 Å². The summed E-state index contributed by atoms with van der Waals surface area (Å²) in [7, 11) is 0. The summed E-state index contributed by atoms with van der Waals surface area (Å²) in [5, 5.41) is 7.10. The summed E-state index contributed by atoms with van der Waals surface area (Å²) in [5.41, 5.74) is 8.27. The van der Waals surface area contributed by atoms with Gasteiger partial charge < -0.3 is 5.73 Å². The summed E-state index contributed by atoms with van der Waals surface area (Å²) in [6.07, 6.45) is 2.03. The van der Waals surface area contributed by atoms with Gasteiger partial charge in [-0.2, -0.15) is 5.10 Å². The van der Waals surface area contributed by atoms with E-state index in [4.69, 9.17) is 5.73 Å². The number of aromatic nitrogens is 2. The average Bonchev–Trinajstić information content (AvgIpc) is 2.47. The van der Waals surface area contributed by atoms with E-state index in [0.29, 0.717) is 5.82 Å². The van der Waals surface area contributed by atoms with Crippen molar-refractivity contribution in [1.29, 1.82) is 0 Å². The first-order chi connectivity index (χ1) is 6.03. The molecule has 0 amide bonds. The van der Waals surface area contributed by atoms with Gasteiger partial charge in [-0.3, -0.25) is 5.10 Å². The molecule has 0 bridgehead atoms. The molecule has 0 aliphatic carbocycles. The highest BCUT2D eigenvalue weighted by molar-refractivity contribution is 5.44. The van der Waals surface area contributed by atoms with E-state index in [1.807, 2.05) is 0 Å². The van der Waals surface area contributed by atoms with Crippen LogP contribution in [0.2, 0.25) is 0 Å². The molecule has 74 valence electrons. The largest absolute Gasteiger partial charge is 0.382 e. The highest BCUT2D eigenvalue weighted by atomic mass is 15.2. The van der Waals surface area contributed by atoms with Gasteiger partial charge in [0.1, 0.15) is 5.82 Å². The third kappa shape index (κ3) is 1.69. The van der Waals surface area contributed by atoms with Gasteiger partial charge in [0.2, 0.25) is 0 Å². The molecule has 0 atom stereocenters. The zero-order chi connectivity index (χ0) is 10.1. The predicted molar refractivity (Wildman–Crippen MR) is 55.7 cm³/mol. The lowest BCUT2D eigenvalue weighted by Gasteiger charge is -2.22. The maximum Gasteiger partial charge on any atom is 0.148 e. The maximum absolute atomic E-state index is 5.76. The lowest BCUT2D eigenvalue weighted by Crippen LogP contribution is -2.18. The first-order valence-corrected chi connectivity index (χ1v) is 4.86. The third-order valence-corrected chi connectivity index (χ3v) is 2.81. The van der Waals surface area contributed by atoms with E-state index in [0.717, 1.165) is 12.8 Å². The Morgan fingerprint density at radius 2 is 2.00 bits per heavy atom. The van der Waals surface area contributed by atoms with E-state index in [2.05, 4.69) is 37.9 Å². The molecule has 0 radical (unpaired) electrons. The van der Waals surface area contributed by atoms with Crippen molar-refractivity contribution in [3.05, 3.63) is 11.3 Å². The van der Waals surface area contributed by atoms with E-state index < -0.39 is 0 Å². The average molecular weight is 181 g/mol. The molecular formula is C10H19N3. The zero-order valence-corrected chi connectivity index (χ0v) is 8.94. The van der Waals surface area contributed by atoms with Crippen LogP contribution < -0.4 is 5.73 Å². The molecule has 0 aliphatic heterocycles. The van der Waals surface area contributed by atoms with Crippen molar-refractivity contribution in [3.8, 4) is 0 Å². The normalized spacial score (nSPS) is 12.0. The fourth-order valence-corrected chi connectivity index (χ4v) is 1.47. The van der Waals surface area contributed by atoms with Crippen LogP contribution in [-0.4, -0.2) is 10.2 Å². The summed E-state index contributed by atoms with van der Waals surface area (Å²) in [6.45, 7) is 8.70. The Bertz CT molecular complexity index is 286. The van der Waals surface area contributed by atoms with Crippen molar-refractivity contribution >= 4 is 5.82 Å². The lowest BCUT2D eigenvalue weighted by atomic mass is 9.84. The maximum atomic E-state index is 5.76. The lowest BCUT2D eigenvalue weighted by molar-refractivity contribution is 0.485. The van der Waals surface area contributed by atoms with Crippen LogP contribution in [0.5, 0.6) is 0 Å². The minimum atomic E-state index is 0.149. The van der Waals surface area contributed by atoms with Crippen molar-refractivity contribution in [2.45, 2.75) is 46.0 Å². The summed E-state index contributed by atoms with van der Waals surface area (Å²) >= 11 is 0. The molecule has 3 nitrogen and oxygen atoms in total. The number of hydrogen-bond acceptors (Lipinski definition) is 2. The Hall–Kier alpha value is -0.990. The monoisotopic (exact) mass is 181 g/mol. The highest BCUT2D eigenvalue weighted by Gasteiger charge is 2.24. The Morgan fingerprint density at radius 3 is 2.46 bits per heavy atom. The fraction of sp³-hybridized carbons (Fsp3) is 0.700. The van der Waals surface area contributed by atoms with Gasteiger partial charge in [-0.1, -0.05) is 27.7 Å². The van der Waals surface area contributed by atoms with Crippen LogP contribution in [0.15, 0.2) is 0 Å². The number of nitrogens with one attached hydrogen (secondary N) is 1. The second-order valence-electron chi connectivity index (χ2n) is 4.05. The first kappa shape index (κ1) is 10.1. The van der Waals surface area contributed by atoms with Crippen LogP contribution in [0.4, 0.5) is 5.82 Å². The zero-order valence-electron chi connectivity index (χ0n) is 8.94. The van der Waals surface area contributed by atoms with Gasteiger partial charge in [0.05, 0.1) is 0 Å². The smallest absolute Gasteiger partial charge is 0.148 e. The molecule has 1 heterocycles. The van der Waals surface area contributed by atoms with Crippen molar-refractivity contribution in [2.24, 2.45) is 0 Å². The van der Waals surface area contributed by atoms with E-state index in [1.54, 1.807) is 0 Å². The molecule has 0 spiro atoms. The summed E-state index contributed by atoms with van der Waals surface area (Å²) in [4.78, 5) is 0. The second-order valence-corrected chi connectivity index (χ2v) is 4.05. The van der Waals surface area contributed by atoms with Crippen LogP contribution in [0.1, 0.15) is 45.4 Å². The predicted octanol–water partition coefficient (Wildman–Crippen LogP) is 2.24. The minimum Gasteiger partial charge on any atom is -0.382 e. The van der Waals surface area contributed by atoms with Gasteiger partial charge in [-0.15, -0.1) is 0 Å². The van der Waals surface area contributed by atoms with Crippen molar-refractivity contribution < 1.29 is 0 Å². The molecule has 3 heteroatoms. The molecule has 1 aromatic rings. The summed E-state index contributed by atoms with van der Waals surface area (Å²) in [6, 6.07) is 0. The van der Waals surface area contributed by atoms with Crippen molar-refractivity contribution in [2.75, 3.05) is 5.73 Å². The quantitative estimate of drug-likeness (QED) is 0.751. The van der Waals surface area contributed by atoms with Gasteiger partial charge in [0.25, 0.3) is 0 Å². The molecule has 0 aliphatic rings. The molecule has 0 fully saturated rings. The third-order valence-electron chi connectivity index (χ3n) is 2.81. The van der Waals surface area contributed by atoms with Gasteiger partial charge in [0.15, 0.2) is 0 Å². The van der Waals surface area contributed by atoms with Gasteiger partial charge >= 0.3 is 0 Å². The molecule has 0 aromatic carbocycles. The number of rotatable bonds is 3. The molecular weight excluding hydrogens is 162 g/mol.